The minimum absolute atomic E-state index is 0.559. The summed E-state index contributed by atoms with van der Waals surface area (Å²) in [4.78, 5) is 5.35. The number of hydrogen-bond acceptors (Lipinski definition) is 5. The van der Waals surface area contributed by atoms with Gasteiger partial charge in [-0.05, 0) is 35.0 Å². The van der Waals surface area contributed by atoms with Crippen LogP contribution in [0.1, 0.15) is 5.56 Å². The highest BCUT2D eigenvalue weighted by atomic mass is 35.5. The van der Waals surface area contributed by atoms with Crippen LogP contribution in [0.2, 0.25) is 10.0 Å². The molecule has 3 aromatic rings. The Balaban J connectivity index is 2.07. The van der Waals surface area contributed by atoms with E-state index in [4.69, 9.17) is 27.9 Å². The lowest BCUT2D eigenvalue weighted by Gasteiger charge is -2.06. The molecule has 130 valence electrons. The van der Waals surface area contributed by atoms with Crippen LogP contribution in [-0.4, -0.2) is 31.2 Å². The van der Waals surface area contributed by atoms with Crippen molar-refractivity contribution in [1.29, 1.82) is 0 Å². The fourth-order valence-electron chi connectivity index (χ4n) is 2.11. The molecule has 0 saturated carbocycles. The van der Waals surface area contributed by atoms with Crippen molar-refractivity contribution in [3.63, 3.8) is 0 Å². The van der Waals surface area contributed by atoms with Crippen molar-refractivity contribution in [2.24, 2.45) is 10.1 Å². The molecular formula is C17H15Cl2N3OS2. The highest BCUT2D eigenvalue weighted by Crippen LogP contribution is 2.30. The number of thiophene rings is 1. The second-order valence-electron chi connectivity index (χ2n) is 5.02. The summed E-state index contributed by atoms with van der Waals surface area (Å²) < 4.78 is 6.87. The van der Waals surface area contributed by atoms with Gasteiger partial charge in [0.15, 0.2) is 0 Å². The van der Waals surface area contributed by atoms with Gasteiger partial charge in [-0.3, -0.25) is 4.99 Å². The van der Waals surface area contributed by atoms with E-state index >= 15 is 0 Å². The molecule has 0 radical (unpaired) electrons. The summed E-state index contributed by atoms with van der Waals surface area (Å²) in [5.41, 5.74) is 2.77. The molecule has 2 aromatic heterocycles. The van der Waals surface area contributed by atoms with E-state index in [1.807, 2.05) is 40.6 Å². The molecule has 0 aliphatic carbocycles. The molecule has 0 aliphatic heterocycles. The average molecular weight is 412 g/mol. The predicted molar refractivity (Wildman–Crippen MR) is 107 cm³/mol. The molecule has 1 aromatic carbocycles. The zero-order valence-electron chi connectivity index (χ0n) is 13.4. The van der Waals surface area contributed by atoms with E-state index in [2.05, 4.69) is 10.1 Å². The summed E-state index contributed by atoms with van der Waals surface area (Å²) in [5, 5.41) is 11.8. The predicted octanol–water partition coefficient (Wildman–Crippen LogP) is 5.01. The molecule has 0 bridgehead atoms. The number of thiazole rings is 1. The summed E-state index contributed by atoms with van der Waals surface area (Å²) >= 11 is 15.5. The van der Waals surface area contributed by atoms with E-state index in [0.29, 0.717) is 23.2 Å². The molecular weight excluding hydrogens is 397 g/mol. The quantitative estimate of drug-likeness (QED) is 0.414. The van der Waals surface area contributed by atoms with Crippen LogP contribution < -0.4 is 4.80 Å². The van der Waals surface area contributed by atoms with E-state index in [9.17, 15) is 0 Å². The van der Waals surface area contributed by atoms with Crippen LogP contribution in [0, 0.1) is 0 Å². The van der Waals surface area contributed by atoms with Gasteiger partial charge < -0.3 is 4.74 Å². The number of methoxy groups -OCH3 is 1. The highest BCUT2D eigenvalue weighted by Gasteiger charge is 2.11. The van der Waals surface area contributed by atoms with Crippen LogP contribution in [0.15, 0.2) is 50.5 Å². The number of nitrogens with zero attached hydrogens (tertiary/aromatic N) is 3. The summed E-state index contributed by atoms with van der Waals surface area (Å²) in [7, 11) is 1.66. The van der Waals surface area contributed by atoms with Gasteiger partial charge in [-0.1, -0.05) is 23.2 Å². The molecule has 0 saturated heterocycles. The van der Waals surface area contributed by atoms with Gasteiger partial charge in [0.2, 0.25) is 4.80 Å². The van der Waals surface area contributed by atoms with Gasteiger partial charge in [0.05, 0.1) is 30.1 Å². The van der Waals surface area contributed by atoms with Crippen molar-refractivity contribution in [1.82, 2.24) is 4.68 Å². The van der Waals surface area contributed by atoms with Crippen molar-refractivity contribution in [2.45, 2.75) is 0 Å². The Kier molecular flexibility index (Phi) is 6.45. The van der Waals surface area contributed by atoms with E-state index in [1.165, 1.54) is 11.3 Å². The molecule has 25 heavy (non-hydrogen) atoms. The topological polar surface area (TPSA) is 38.9 Å². The monoisotopic (exact) mass is 411 g/mol. The van der Waals surface area contributed by atoms with E-state index in [1.54, 1.807) is 29.2 Å². The Morgan fingerprint density at radius 3 is 2.84 bits per heavy atom. The third kappa shape index (κ3) is 4.59. The smallest absolute Gasteiger partial charge is 0.206 e. The third-order valence-corrected chi connectivity index (χ3v) is 5.40. The summed E-state index contributed by atoms with van der Waals surface area (Å²) in [6.07, 6.45) is 1.81. The first-order valence-electron chi connectivity index (χ1n) is 7.41. The minimum Gasteiger partial charge on any atom is -0.383 e. The lowest BCUT2D eigenvalue weighted by atomic mass is 10.2. The fraction of sp³-hybridized carbons (Fsp3) is 0.176. The maximum atomic E-state index is 6.38. The molecule has 0 unspecified atom stereocenters. The Morgan fingerprint density at radius 1 is 1.24 bits per heavy atom. The van der Waals surface area contributed by atoms with Gasteiger partial charge in [0, 0.05) is 28.6 Å². The summed E-state index contributed by atoms with van der Waals surface area (Å²) in [6.45, 7) is 1.13. The minimum atomic E-state index is 0.559. The number of benzene rings is 1. The molecule has 8 heteroatoms. The fourth-order valence-corrected chi connectivity index (χ4v) is 4.08. The standard InChI is InChI=1S/C17H15Cl2N3OS2/c1-23-6-5-20-17-22(21-9-12-4-7-24-10-12)16(11-25-17)14-3-2-13(18)8-15(14)19/h2-4,7-11H,5-6H2,1H3/b20-17?,21-9+. The van der Waals surface area contributed by atoms with Crippen LogP contribution in [-0.2, 0) is 4.74 Å². The van der Waals surface area contributed by atoms with Gasteiger partial charge in [-0.2, -0.15) is 16.4 Å². The SMILES string of the molecule is COCCN=c1scc(-c2ccc(Cl)cc2Cl)n1/N=C/c1ccsc1. The first-order valence-corrected chi connectivity index (χ1v) is 9.99. The van der Waals surface area contributed by atoms with Crippen molar-refractivity contribution in [3.05, 3.63) is 60.8 Å². The maximum Gasteiger partial charge on any atom is 0.206 e. The van der Waals surface area contributed by atoms with E-state index in [-0.39, 0.29) is 0 Å². The lowest BCUT2D eigenvalue weighted by molar-refractivity contribution is 0.207. The molecule has 0 atom stereocenters. The normalized spacial score (nSPS) is 12.4. The van der Waals surface area contributed by atoms with Crippen LogP contribution in [0.25, 0.3) is 11.3 Å². The Hall–Kier alpha value is -1.44. The number of ether oxygens (including phenoxy) is 1. The number of halogens is 2. The van der Waals surface area contributed by atoms with Crippen LogP contribution in [0.5, 0.6) is 0 Å². The third-order valence-electron chi connectivity index (χ3n) is 3.30. The summed E-state index contributed by atoms with van der Waals surface area (Å²) in [6, 6.07) is 7.44. The highest BCUT2D eigenvalue weighted by molar-refractivity contribution is 7.08. The Labute approximate surface area is 163 Å². The first kappa shape index (κ1) is 18.4. The largest absolute Gasteiger partial charge is 0.383 e. The van der Waals surface area contributed by atoms with Crippen molar-refractivity contribution in [2.75, 3.05) is 20.3 Å². The Bertz CT molecular complexity index is 930. The van der Waals surface area contributed by atoms with Crippen molar-refractivity contribution < 1.29 is 4.74 Å². The van der Waals surface area contributed by atoms with Crippen LogP contribution in [0.3, 0.4) is 0 Å². The summed E-state index contributed by atoms with van der Waals surface area (Å²) in [5.74, 6) is 0. The lowest BCUT2D eigenvalue weighted by Crippen LogP contribution is -2.13. The molecule has 3 rings (SSSR count). The van der Waals surface area contributed by atoms with Gasteiger partial charge in [-0.15, -0.1) is 11.3 Å². The first-order chi connectivity index (χ1) is 12.2. The second-order valence-corrected chi connectivity index (χ2v) is 7.48. The number of hydrogen-bond donors (Lipinski definition) is 0. The molecule has 2 heterocycles. The molecule has 0 spiro atoms. The van der Waals surface area contributed by atoms with Crippen molar-refractivity contribution in [3.8, 4) is 11.3 Å². The molecule has 0 fully saturated rings. The number of rotatable bonds is 6. The van der Waals surface area contributed by atoms with Crippen LogP contribution in [0.4, 0.5) is 0 Å². The Morgan fingerprint density at radius 2 is 2.12 bits per heavy atom. The van der Waals surface area contributed by atoms with Gasteiger partial charge in [-0.25, -0.2) is 4.68 Å². The van der Waals surface area contributed by atoms with Crippen LogP contribution >= 0.6 is 45.9 Å². The zero-order valence-corrected chi connectivity index (χ0v) is 16.5. The zero-order chi connectivity index (χ0) is 17.6. The molecule has 0 aliphatic rings. The molecule has 4 nitrogen and oxygen atoms in total. The average Bonchev–Trinajstić information content (AvgIpc) is 3.23. The van der Waals surface area contributed by atoms with Gasteiger partial charge in [0.1, 0.15) is 0 Å². The maximum absolute atomic E-state index is 6.38. The van der Waals surface area contributed by atoms with Gasteiger partial charge in [0.25, 0.3) is 0 Å². The molecule has 0 N–H and O–H groups in total. The second kappa shape index (κ2) is 8.78. The number of aromatic nitrogens is 1. The van der Waals surface area contributed by atoms with E-state index < -0.39 is 0 Å². The molecule has 0 amide bonds. The van der Waals surface area contributed by atoms with Gasteiger partial charge >= 0.3 is 0 Å². The van der Waals surface area contributed by atoms with Crippen molar-refractivity contribution >= 4 is 52.1 Å². The van der Waals surface area contributed by atoms with E-state index in [0.717, 1.165) is 21.6 Å².